The first-order chi connectivity index (χ1) is 8.97. The molecule has 1 aromatic rings. The molecule has 20 heavy (non-hydrogen) atoms. The molecule has 5 nitrogen and oxygen atoms in total. The average Bonchev–Trinajstić information content (AvgIpc) is 2.24. The smallest absolute Gasteiger partial charge is 0.476 e. The Morgan fingerprint density at radius 1 is 1.30 bits per heavy atom. The Hall–Kier alpha value is -2.04. The second-order valence-electron chi connectivity index (χ2n) is 3.38. The Labute approximate surface area is 107 Å². The van der Waals surface area contributed by atoms with E-state index in [9.17, 15) is 31.1 Å². The molecule has 0 aliphatic carbocycles. The van der Waals surface area contributed by atoms with Crippen molar-refractivity contribution in [1.82, 2.24) is 4.98 Å². The van der Waals surface area contributed by atoms with Gasteiger partial charge in [0.15, 0.2) is 11.4 Å². The first-order valence-corrected chi connectivity index (χ1v) is 4.75. The van der Waals surface area contributed by atoms with Gasteiger partial charge in [0.25, 0.3) is 0 Å². The Kier molecular flexibility index (Phi) is 4.12. The lowest BCUT2D eigenvalue weighted by atomic mass is 10.1. The minimum atomic E-state index is -5.39. The molecule has 0 saturated heterocycles. The summed E-state index contributed by atoms with van der Waals surface area (Å²) < 4.78 is 77.6. The molecule has 0 atom stereocenters. The van der Waals surface area contributed by atoms with Crippen molar-refractivity contribution < 1.29 is 41.0 Å². The maximum absolute atomic E-state index is 12.6. The maximum Gasteiger partial charge on any atom is 0.573 e. The molecule has 1 heterocycles. The van der Waals surface area contributed by atoms with E-state index >= 15 is 0 Å². The number of halogens is 6. The molecule has 0 fully saturated rings. The second-order valence-corrected chi connectivity index (χ2v) is 3.38. The van der Waals surface area contributed by atoms with Crippen molar-refractivity contribution in [2.75, 3.05) is 0 Å². The van der Waals surface area contributed by atoms with Crippen molar-refractivity contribution in [3.05, 3.63) is 23.0 Å². The highest BCUT2D eigenvalue weighted by molar-refractivity contribution is 5.89. The lowest BCUT2D eigenvalue weighted by Gasteiger charge is -2.18. The van der Waals surface area contributed by atoms with Crippen LogP contribution in [0.3, 0.4) is 0 Å². The van der Waals surface area contributed by atoms with Gasteiger partial charge in [-0.2, -0.15) is 13.2 Å². The number of hydrogen-bond acceptors (Lipinski definition) is 4. The van der Waals surface area contributed by atoms with E-state index < -0.39 is 47.6 Å². The van der Waals surface area contributed by atoms with Crippen LogP contribution in [0.4, 0.5) is 26.3 Å². The summed E-state index contributed by atoms with van der Waals surface area (Å²) in [6.07, 6.45) is -10.3. The van der Waals surface area contributed by atoms with Gasteiger partial charge in [0.1, 0.15) is 0 Å². The molecule has 0 aliphatic heterocycles. The molecular weight excluding hydrogens is 298 g/mol. The molecule has 0 bridgehead atoms. The number of carbonyl (C=O) groups is 1. The van der Waals surface area contributed by atoms with Gasteiger partial charge in [-0.3, -0.25) is 0 Å². The largest absolute Gasteiger partial charge is 0.573 e. The van der Waals surface area contributed by atoms with Crippen molar-refractivity contribution in [1.29, 1.82) is 0 Å². The summed E-state index contributed by atoms with van der Waals surface area (Å²) in [5.41, 5.74) is 0.928. The number of hydrogen-bond donors (Lipinski definition) is 2. The molecule has 0 saturated carbocycles. The lowest BCUT2D eigenvalue weighted by Crippen LogP contribution is -2.24. The van der Waals surface area contributed by atoms with Crippen molar-refractivity contribution in [3.63, 3.8) is 0 Å². The van der Waals surface area contributed by atoms with E-state index in [0.717, 1.165) is 0 Å². The minimum Gasteiger partial charge on any atom is -0.476 e. The van der Waals surface area contributed by atoms with Gasteiger partial charge in [-0.25, -0.2) is 9.78 Å². The number of ether oxygens (including phenoxy) is 1. The fourth-order valence-corrected chi connectivity index (χ4v) is 1.36. The first-order valence-electron chi connectivity index (χ1n) is 4.75. The third-order valence-electron chi connectivity index (χ3n) is 2.07. The molecule has 112 valence electrons. The summed E-state index contributed by atoms with van der Waals surface area (Å²) in [5, 5.41) is 8.64. The number of nitrogens with two attached hydrogens (primary N) is 1. The first kappa shape index (κ1) is 16.0. The molecular formula is C9H6F6N2O3. The zero-order valence-corrected chi connectivity index (χ0v) is 9.34. The SMILES string of the molecule is NCc1c(C(F)(F)F)cnc(C(=O)O)c1OC(F)(F)F. The van der Waals surface area contributed by atoms with Crippen molar-refractivity contribution in [3.8, 4) is 5.75 Å². The Morgan fingerprint density at radius 2 is 1.85 bits per heavy atom. The molecule has 0 unspecified atom stereocenters. The van der Waals surface area contributed by atoms with Crippen LogP contribution < -0.4 is 10.5 Å². The number of pyridine rings is 1. The van der Waals surface area contributed by atoms with E-state index in [2.05, 4.69) is 9.72 Å². The molecule has 3 N–H and O–H groups in total. The Balaban J connectivity index is 3.59. The van der Waals surface area contributed by atoms with E-state index in [1.807, 2.05) is 0 Å². The van der Waals surface area contributed by atoms with Crippen LogP contribution in [0, 0.1) is 0 Å². The molecule has 0 aromatic carbocycles. The third kappa shape index (κ3) is 3.50. The number of rotatable bonds is 3. The number of carboxylic acids is 1. The van der Waals surface area contributed by atoms with Crippen LogP contribution in [0.1, 0.15) is 21.6 Å². The number of carboxylic acid groups (broad SMARTS) is 1. The number of nitrogens with zero attached hydrogens (tertiary/aromatic N) is 1. The predicted molar refractivity (Wildman–Crippen MR) is 50.8 cm³/mol. The van der Waals surface area contributed by atoms with Crippen LogP contribution in [0.15, 0.2) is 6.20 Å². The zero-order valence-electron chi connectivity index (χ0n) is 9.34. The van der Waals surface area contributed by atoms with E-state index in [0.29, 0.717) is 0 Å². The molecule has 1 aromatic heterocycles. The highest BCUT2D eigenvalue weighted by atomic mass is 19.4. The van der Waals surface area contributed by atoms with Gasteiger partial charge in [-0.15, -0.1) is 13.2 Å². The van der Waals surface area contributed by atoms with E-state index in [1.165, 1.54) is 0 Å². The van der Waals surface area contributed by atoms with Gasteiger partial charge < -0.3 is 15.6 Å². The Bertz CT molecular complexity index is 526. The van der Waals surface area contributed by atoms with Crippen molar-refractivity contribution in [2.45, 2.75) is 19.1 Å². The Morgan fingerprint density at radius 3 is 2.20 bits per heavy atom. The van der Waals surface area contributed by atoms with Gasteiger partial charge in [0, 0.05) is 18.3 Å². The van der Waals surface area contributed by atoms with Gasteiger partial charge in [0.2, 0.25) is 0 Å². The highest BCUT2D eigenvalue weighted by Crippen LogP contribution is 2.38. The third-order valence-corrected chi connectivity index (χ3v) is 2.07. The van der Waals surface area contributed by atoms with Gasteiger partial charge in [-0.1, -0.05) is 0 Å². The summed E-state index contributed by atoms with van der Waals surface area (Å²) in [6.45, 7) is -1.01. The molecule has 0 amide bonds. The minimum absolute atomic E-state index is 0.0921. The number of aromatic nitrogens is 1. The van der Waals surface area contributed by atoms with E-state index in [4.69, 9.17) is 10.8 Å². The second kappa shape index (κ2) is 5.15. The van der Waals surface area contributed by atoms with Crippen LogP contribution in [-0.4, -0.2) is 22.4 Å². The van der Waals surface area contributed by atoms with Crippen LogP contribution in [0.5, 0.6) is 5.75 Å². The summed E-state index contributed by atoms with van der Waals surface area (Å²) in [4.78, 5) is 13.5. The molecule has 0 radical (unpaired) electrons. The van der Waals surface area contributed by atoms with Gasteiger partial charge in [0.05, 0.1) is 5.56 Å². The summed E-state index contributed by atoms with van der Waals surface area (Å²) >= 11 is 0. The summed E-state index contributed by atoms with van der Waals surface area (Å²) in [6, 6.07) is 0. The van der Waals surface area contributed by atoms with E-state index in [1.54, 1.807) is 0 Å². The van der Waals surface area contributed by atoms with Crippen molar-refractivity contribution in [2.24, 2.45) is 5.73 Å². The molecule has 11 heteroatoms. The maximum atomic E-state index is 12.6. The summed E-state index contributed by atoms with van der Waals surface area (Å²) in [7, 11) is 0. The quantitative estimate of drug-likeness (QED) is 0.836. The number of aromatic carboxylic acids is 1. The van der Waals surface area contributed by atoms with Crippen LogP contribution in [0.25, 0.3) is 0 Å². The monoisotopic (exact) mass is 304 g/mol. The van der Waals surface area contributed by atoms with Crippen LogP contribution >= 0.6 is 0 Å². The normalized spacial score (nSPS) is 12.3. The highest BCUT2D eigenvalue weighted by Gasteiger charge is 2.40. The fourth-order valence-electron chi connectivity index (χ4n) is 1.36. The standard InChI is InChI=1S/C9H6F6N2O3/c10-8(11,12)4-2-17-5(7(18)19)6(3(4)1-16)20-9(13,14)15/h2H,1,16H2,(H,18,19). The average molecular weight is 304 g/mol. The molecule has 1 rings (SSSR count). The lowest BCUT2D eigenvalue weighted by molar-refractivity contribution is -0.275. The zero-order chi connectivity index (χ0) is 15.7. The van der Waals surface area contributed by atoms with Crippen LogP contribution in [0.2, 0.25) is 0 Å². The molecule has 0 aliphatic rings. The van der Waals surface area contributed by atoms with Gasteiger partial charge in [-0.05, 0) is 0 Å². The number of alkyl halides is 6. The van der Waals surface area contributed by atoms with Crippen LogP contribution in [-0.2, 0) is 12.7 Å². The topological polar surface area (TPSA) is 85.4 Å². The predicted octanol–water partition coefficient (Wildman–Crippen LogP) is 2.16. The summed E-state index contributed by atoms with van der Waals surface area (Å²) in [5.74, 6) is -3.55. The van der Waals surface area contributed by atoms with Crippen molar-refractivity contribution >= 4 is 5.97 Å². The fraction of sp³-hybridized carbons (Fsp3) is 0.333. The molecule has 0 spiro atoms. The van der Waals surface area contributed by atoms with Gasteiger partial charge >= 0.3 is 18.5 Å². The van der Waals surface area contributed by atoms with E-state index in [-0.39, 0.29) is 6.20 Å².